The van der Waals surface area contributed by atoms with Crippen LogP contribution in [0.1, 0.15) is 0 Å². The maximum Gasteiger partial charge on any atom is 0.349 e. The highest BCUT2D eigenvalue weighted by Gasteiger charge is 2.46. The molecule has 1 aromatic heterocycles. The van der Waals surface area contributed by atoms with E-state index in [-0.39, 0.29) is 25.5 Å². The van der Waals surface area contributed by atoms with Gasteiger partial charge in [0.1, 0.15) is 17.5 Å². The molecular weight excluding hydrogens is 240 g/mol. The van der Waals surface area contributed by atoms with Crippen molar-refractivity contribution in [3.8, 4) is 0 Å². The van der Waals surface area contributed by atoms with Crippen LogP contribution in [-0.2, 0) is 6.54 Å². The summed E-state index contributed by atoms with van der Waals surface area (Å²) in [4.78, 5) is 15.1. The van der Waals surface area contributed by atoms with Crippen LogP contribution in [0.3, 0.4) is 0 Å². The molecule has 2 rings (SSSR count). The lowest BCUT2D eigenvalue weighted by molar-refractivity contribution is -0.0653. The maximum atomic E-state index is 11.5. The average Bonchev–Trinajstić information content (AvgIpc) is 2.60. The number of nitrogens with zero attached hydrogens (tertiary/aromatic N) is 2. The van der Waals surface area contributed by atoms with E-state index in [1.54, 1.807) is 0 Å². The predicted molar refractivity (Wildman–Crippen MR) is 62.7 cm³/mol. The van der Waals surface area contributed by atoms with Crippen LogP contribution in [0.2, 0.25) is 0 Å². The zero-order valence-corrected chi connectivity index (χ0v) is 9.65. The average molecular weight is 256 g/mol. The van der Waals surface area contributed by atoms with E-state index in [0.717, 1.165) is 0 Å². The molecule has 0 radical (unpaired) electrons. The topological polar surface area (TPSA) is 134 Å². The van der Waals surface area contributed by atoms with Crippen molar-refractivity contribution in [1.82, 2.24) is 14.9 Å². The van der Waals surface area contributed by atoms with Gasteiger partial charge in [0.2, 0.25) is 0 Å². The van der Waals surface area contributed by atoms with Crippen molar-refractivity contribution in [2.24, 2.45) is 0 Å². The Labute approximate surface area is 103 Å². The molecule has 8 heteroatoms. The molecule has 0 spiro atoms. The zero-order chi connectivity index (χ0) is 13.3. The number of aliphatic hydroxyl groups excluding tert-OH is 2. The number of aliphatic hydroxyl groups is 3. The van der Waals surface area contributed by atoms with E-state index >= 15 is 0 Å². The number of β-amino-alcohol motifs (C(OH)–C–C–N with tert-alkyl or cyclic N) is 1. The largest absolute Gasteiger partial charge is 0.395 e. The molecule has 8 nitrogen and oxygen atoms in total. The Morgan fingerprint density at radius 3 is 2.94 bits per heavy atom. The summed E-state index contributed by atoms with van der Waals surface area (Å²) in [6, 6.07) is 0.829. The van der Waals surface area contributed by atoms with E-state index in [4.69, 9.17) is 10.8 Å². The van der Waals surface area contributed by atoms with E-state index in [1.165, 1.54) is 16.8 Å². The first kappa shape index (κ1) is 13.0. The van der Waals surface area contributed by atoms with Gasteiger partial charge < -0.3 is 26.4 Å². The highest BCUT2D eigenvalue weighted by Crippen LogP contribution is 2.21. The molecule has 0 aliphatic carbocycles. The Kier molecular flexibility index (Phi) is 3.35. The molecule has 1 fully saturated rings. The second-order valence-electron chi connectivity index (χ2n) is 4.48. The minimum absolute atomic E-state index is 0.0796. The van der Waals surface area contributed by atoms with Crippen molar-refractivity contribution in [2.45, 2.75) is 24.3 Å². The monoisotopic (exact) mass is 256 g/mol. The molecule has 3 atom stereocenters. The normalized spacial score (nSPS) is 31.7. The smallest absolute Gasteiger partial charge is 0.349 e. The lowest BCUT2D eigenvalue weighted by Gasteiger charge is -2.27. The van der Waals surface area contributed by atoms with Crippen molar-refractivity contribution in [2.75, 3.05) is 18.9 Å². The van der Waals surface area contributed by atoms with Gasteiger partial charge >= 0.3 is 5.69 Å². The van der Waals surface area contributed by atoms with Crippen LogP contribution in [0.15, 0.2) is 17.1 Å². The quantitative estimate of drug-likeness (QED) is 0.386. The van der Waals surface area contributed by atoms with Crippen LogP contribution in [-0.4, -0.2) is 55.8 Å². The fourth-order valence-corrected chi connectivity index (χ4v) is 2.07. The number of nitrogens with two attached hydrogens (primary N) is 1. The summed E-state index contributed by atoms with van der Waals surface area (Å²) in [6.07, 6.45) is 0.244. The summed E-state index contributed by atoms with van der Waals surface area (Å²) in [5.41, 5.74) is 3.24. The van der Waals surface area contributed by atoms with Gasteiger partial charge in [0, 0.05) is 12.7 Å². The lowest BCUT2D eigenvalue weighted by Crippen LogP contribution is -2.49. The summed E-state index contributed by atoms with van der Waals surface area (Å²) in [6.45, 7) is -0.335. The number of hydrogen-bond acceptors (Lipinski definition) is 7. The predicted octanol–water partition coefficient (Wildman–Crippen LogP) is -3.12. The molecule has 0 amide bonds. The summed E-state index contributed by atoms with van der Waals surface area (Å²) in [5.74, 6) is 0.0987. The second kappa shape index (κ2) is 4.65. The Balaban J connectivity index is 2.21. The number of rotatable bonds is 3. The van der Waals surface area contributed by atoms with E-state index in [9.17, 15) is 15.0 Å². The van der Waals surface area contributed by atoms with Gasteiger partial charge in [-0.15, -0.1) is 0 Å². The molecule has 1 aliphatic rings. The Bertz CT molecular complexity index is 491. The van der Waals surface area contributed by atoms with Gasteiger partial charge in [0.05, 0.1) is 19.2 Å². The first-order chi connectivity index (χ1) is 8.46. The molecule has 6 N–H and O–H groups in total. The molecule has 0 bridgehead atoms. The number of aromatic nitrogens is 2. The van der Waals surface area contributed by atoms with Gasteiger partial charge in [-0.1, -0.05) is 0 Å². The lowest BCUT2D eigenvalue weighted by atomic mass is 9.96. The molecule has 1 aliphatic heterocycles. The molecule has 0 aromatic carbocycles. The molecule has 1 aromatic rings. The number of nitrogen functional groups attached to an aromatic ring is 1. The number of anilines is 1. The van der Waals surface area contributed by atoms with Gasteiger partial charge in [-0.3, -0.25) is 4.57 Å². The van der Waals surface area contributed by atoms with Crippen LogP contribution in [0.5, 0.6) is 0 Å². The fraction of sp³-hybridized carbons (Fsp3) is 0.600. The molecule has 2 heterocycles. The van der Waals surface area contributed by atoms with E-state index in [2.05, 4.69) is 10.3 Å². The third-order valence-electron chi connectivity index (χ3n) is 3.14. The van der Waals surface area contributed by atoms with Crippen molar-refractivity contribution < 1.29 is 15.3 Å². The second-order valence-corrected chi connectivity index (χ2v) is 4.48. The van der Waals surface area contributed by atoms with E-state index in [1.807, 2.05) is 0 Å². The maximum absolute atomic E-state index is 11.5. The highest BCUT2D eigenvalue weighted by molar-refractivity contribution is 5.23. The van der Waals surface area contributed by atoms with Crippen LogP contribution >= 0.6 is 0 Å². The molecule has 18 heavy (non-hydrogen) atoms. The highest BCUT2D eigenvalue weighted by atomic mass is 16.4. The third-order valence-corrected chi connectivity index (χ3v) is 3.14. The zero-order valence-electron chi connectivity index (χ0n) is 9.65. The van der Waals surface area contributed by atoms with Gasteiger partial charge in [-0.25, -0.2) is 4.79 Å². The van der Waals surface area contributed by atoms with E-state index < -0.39 is 23.4 Å². The molecule has 100 valence electrons. The van der Waals surface area contributed by atoms with Crippen LogP contribution < -0.4 is 16.7 Å². The number of nitrogens with one attached hydrogen (secondary N) is 1. The summed E-state index contributed by atoms with van der Waals surface area (Å²) < 4.78 is 1.17. The van der Waals surface area contributed by atoms with Gasteiger partial charge in [0.15, 0.2) is 0 Å². The SMILES string of the molecule is Nc1ccn(C[C@]2(O)CN[C@H](CO)[C@H]2O)c(=O)n1. The Morgan fingerprint density at radius 1 is 1.67 bits per heavy atom. The molecule has 1 saturated heterocycles. The van der Waals surface area contributed by atoms with Gasteiger partial charge in [0.25, 0.3) is 0 Å². The standard InChI is InChI=1S/C10H16N4O4/c11-7-1-2-14(9(17)13-7)5-10(18)4-12-6(3-15)8(10)16/h1-2,6,8,12,15-16,18H,3-5H2,(H2,11,13,17)/t6-,8-,10-/m1/s1. The van der Waals surface area contributed by atoms with Gasteiger partial charge in [-0.05, 0) is 6.07 Å². The summed E-state index contributed by atoms with van der Waals surface area (Å²) >= 11 is 0. The minimum Gasteiger partial charge on any atom is -0.395 e. The van der Waals surface area contributed by atoms with Crippen LogP contribution in [0.4, 0.5) is 5.82 Å². The minimum atomic E-state index is -1.52. The summed E-state index contributed by atoms with van der Waals surface area (Å²) in [5, 5.41) is 31.9. The van der Waals surface area contributed by atoms with Crippen molar-refractivity contribution >= 4 is 5.82 Å². The van der Waals surface area contributed by atoms with Crippen molar-refractivity contribution in [3.05, 3.63) is 22.7 Å². The Hall–Kier alpha value is -1.48. The molecule has 0 unspecified atom stereocenters. The molecular formula is C10H16N4O4. The fourth-order valence-electron chi connectivity index (χ4n) is 2.07. The van der Waals surface area contributed by atoms with Crippen molar-refractivity contribution in [1.29, 1.82) is 0 Å². The molecule has 0 saturated carbocycles. The van der Waals surface area contributed by atoms with Gasteiger partial charge in [-0.2, -0.15) is 4.98 Å². The first-order valence-corrected chi connectivity index (χ1v) is 5.54. The van der Waals surface area contributed by atoms with Crippen molar-refractivity contribution in [3.63, 3.8) is 0 Å². The number of hydrogen-bond donors (Lipinski definition) is 5. The van der Waals surface area contributed by atoms with E-state index in [0.29, 0.717) is 0 Å². The van der Waals surface area contributed by atoms with Crippen LogP contribution in [0, 0.1) is 0 Å². The summed E-state index contributed by atoms with van der Waals surface area (Å²) in [7, 11) is 0. The third kappa shape index (κ3) is 2.23. The Morgan fingerprint density at radius 2 is 2.39 bits per heavy atom. The van der Waals surface area contributed by atoms with Crippen LogP contribution in [0.25, 0.3) is 0 Å². The first-order valence-electron chi connectivity index (χ1n) is 5.54.